The Morgan fingerprint density at radius 1 is 1.48 bits per heavy atom. The van der Waals surface area contributed by atoms with Crippen molar-refractivity contribution in [1.82, 2.24) is 10.3 Å². The van der Waals surface area contributed by atoms with Gasteiger partial charge in [-0.05, 0) is 18.9 Å². The number of nitrogens with zero attached hydrogens (tertiary/aromatic N) is 2. The van der Waals surface area contributed by atoms with Crippen LogP contribution in [0.2, 0.25) is 0 Å². The van der Waals surface area contributed by atoms with Crippen LogP contribution >= 0.6 is 11.3 Å². The van der Waals surface area contributed by atoms with E-state index in [1.807, 2.05) is 18.4 Å². The number of nitro benzene ring substituents is 1. The number of non-ortho nitro benzene ring substituents is 1. The largest absolute Gasteiger partial charge is 0.304 e. The van der Waals surface area contributed by atoms with Crippen molar-refractivity contribution >= 4 is 17.0 Å². The average Bonchev–Trinajstić information content (AvgIpc) is 2.89. The number of rotatable bonds is 7. The molecule has 0 bridgehead atoms. The minimum absolute atomic E-state index is 0.108. The van der Waals surface area contributed by atoms with Gasteiger partial charge in [-0.15, -0.1) is 11.3 Å². The van der Waals surface area contributed by atoms with Crippen LogP contribution in [-0.2, 0) is 6.54 Å². The second kappa shape index (κ2) is 7.28. The van der Waals surface area contributed by atoms with Crippen LogP contribution < -0.4 is 5.32 Å². The predicted octanol–water partition coefficient (Wildman–Crippen LogP) is 3.99. The average molecular weight is 305 g/mol. The van der Waals surface area contributed by atoms with E-state index in [1.165, 1.54) is 6.07 Å². The summed E-state index contributed by atoms with van der Waals surface area (Å²) >= 11 is 1.63. The first-order valence-corrected chi connectivity index (χ1v) is 7.87. The highest BCUT2D eigenvalue weighted by Crippen LogP contribution is 2.23. The van der Waals surface area contributed by atoms with Crippen LogP contribution in [0.5, 0.6) is 0 Å². The van der Waals surface area contributed by atoms with Gasteiger partial charge in [0, 0.05) is 30.1 Å². The number of benzene rings is 1. The molecule has 0 saturated heterocycles. The van der Waals surface area contributed by atoms with Gasteiger partial charge in [0.25, 0.3) is 5.69 Å². The Labute approximate surface area is 128 Å². The van der Waals surface area contributed by atoms with E-state index < -0.39 is 0 Å². The zero-order valence-corrected chi connectivity index (χ0v) is 13.0. The summed E-state index contributed by atoms with van der Waals surface area (Å²) in [6.07, 6.45) is 1.95. The molecule has 0 radical (unpaired) electrons. The van der Waals surface area contributed by atoms with Gasteiger partial charge in [0.05, 0.1) is 15.6 Å². The van der Waals surface area contributed by atoms with Gasteiger partial charge in [0.2, 0.25) is 0 Å². The molecule has 21 heavy (non-hydrogen) atoms. The zero-order chi connectivity index (χ0) is 15.2. The quantitative estimate of drug-likeness (QED) is 0.620. The molecule has 2 rings (SSSR count). The second-order valence-corrected chi connectivity index (χ2v) is 5.99. The Bertz CT molecular complexity index is 612. The summed E-state index contributed by atoms with van der Waals surface area (Å²) in [6.45, 7) is 4.77. The van der Waals surface area contributed by atoms with Crippen LogP contribution in [0.15, 0.2) is 29.6 Å². The third kappa shape index (κ3) is 4.34. The molecule has 6 heteroatoms. The topological polar surface area (TPSA) is 68.1 Å². The maximum atomic E-state index is 10.9. The number of thiazole rings is 1. The molecule has 112 valence electrons. The third-order valence-electron chi connectivity index (χ3n) is 3.26. The molecule has 0 saturated carbocycles. The fourth-order valence-corrected chi connectivity index (χ4v) is 2.86. The van der Waals surface area contributed by atoms with Gasteiger partial charge in [0.15, 0.2) is 0 Å². The van der Waals surface area contributed by atoms with Gasteiger partial charge in [-0.25, -0.2) is 4.98 Å². The number of nitro groups is 1. The minimum atomic E-state index is -0.351. The number of aromatic nitrogens is 1. The van der Waals surface area contributed by atoms with Gasteiger partial charge in [0.1, 0.15) is 0 Å². The molecule has 2 aromatic rings. The maximum Gasteiger partial charge on any atom is 0.269 e. The molecular weight excluding hydrogens is 286 g/mol. The van der Waals surface area contributed by atoms with E-state index >= 15 is 0 Å². The molecule has 1 aromatic carbocycles. The summed E-state index contributed by atoms with van der Waals surface area (Å²) in [5.41, 5.74) is 2.11. The molecule has 0 spiro atoms. The number of hydrogen-bond donors (Lipinski definition) is 1. The van der Waals surface area contributed by atoms with Gasteiger partial charge in [-0.3, -0.25) is 10.1 Å². The summed E-state index contributed by atoms with van der Waals surface area (Å²) < 4.78 is 0. The van der Waals surface area contributed by atoms with Crippen LogP contribution in [0.25, 0.3) is 0 Å². The smallest absolute Gasteiger partial charge is 0.269 e. The summed E-state index contributed by atoms with van der Waals surface area (Å²) in [5.74, 6) is 0. The molecule has 1 atom stereocenters. The lowest BCUT2D eigenvalue weighted by Crippen LogP contribution is -2.21. The molecular formula is C15H19N3O2S. The Balaban J connectivity index is 2.10. The second-order valence-electron chi connectivity index (χ2n) is 4.93. The van der Waals surface area contributed by atoms with Gasteiger partial charge in [-0.1, -0.05) is 25.5 Å². The third-order valence-corrected chi connectivity index (χ3v) is 4.08. The molecule has 5 nitrogen and oxygen atoms in total. The monoisotopic (exact) mass is 305 g/mol. The number of aryl methyl sites for hydroxylation is 1. The summed E-state index contributed by atoms with van der Waals surface area (Å²) in [7, 11) is 0. The molecule has 1 aromatic heterocycles. The van der Waals surface area contributed by atoms with E-state index in [9.17, 15) is 10.1 Å². The molecule has 0 aliphatic rings. The van der Waals surface area contributed by atoms with E-state index in [0.29, 0.717) is 6.54 Å². The van der Waals surface area contributed by atoms with Crippen LogP contribution in [0, 0.1) is 17.0 Å². The van der Waals surface area contributed by atoms with E-state index in [2.05, 4.69) is 17.2 Å². The highest BCUT2D eigenvalue weighted by atomic mass is 32.1. The lowest BCUT2D eigenvalue weighted by Gasteiger charge is -2.18. The first-order valence-electron chi connectivity index (χ1n) is 6.99. The van der Waals surface area contributed by atoms with E-state index in [0.717, 1.165) is 29.1 Å². The van der Waals surface area contributed by atoms with Gasteiger partial charge < -0.3 is 5.32 Å². The SMILES string of the molecule is CCCC(NCc1csc(C)n1)c1cccc([N+](=O)[O-])c1. The molecule has 0 aliphatic carbocycles. The van der Waals surface area contributed by atoms with Crippen LogP contribution in [0.4, 0.5) is 5.69 Å². The van der Waals surface area contributed by atoms with Crippen molar-refractivity contribution in [2.45, 2.75) is 39.3 Å². The van der Waals surface area contributed by atoms with Crippen LogP contribution in [0.3, 0.4) is 0 Å². The molecule has 0 fully saturated rings. The van der Waals surface area contributed by atoms with Crippen LogP contribution in [0.1, 0.15) is 42.1 Å². The standard InChI is InChI=1S/C15H19N3O2S/c1-3-5-15(16-9-13-10-21-11(2)17-13)12-6-4-7-14(8-12)18(19)20/h4,6-8,10,15-16H,3,5,9H2,1-2H3. The van der Waals surface area contributed by atoms with E-state index in [4.69, 9.17) is 0 Å². The van der Waals surface area contributed by atoms with E-state index in [-0.39, 0.29) is 16.7 Å². The Morgan fingerprint density at radius 3 is 2.90 bits per heavy atom. The Morgan fingerprint density at radius 2 is 2.29 bits per heavy atom. The molecule has 0 aliphatic heterocycles. The van der Waals surface area contributed by atoms with Gasteiger partial charge in [-0.2, -0.15) is 0 Å². The fourth-order valence-electron chi connectivity index (χ4n) is 2.25. The van der Waals surface area contributed by atoms with Crippen molar-refractivity contribution in [1.29, 1.82) is 0 Å². The van der Waals surface area contributed by atoms with Crippen molar-refractivity contribution in [3.05, 3.63) is 56.0 Å². The predicted molar refractivity (Wildman–Crippen MR) is 84.4 cm³/mol. The summed E-state index contributed by atoms with van der Waals surface area (Å²) in [6, 6.07) is 6.96. The first kappa shape index (κ1) is 15.6. The fraction of sp³-hybridized carbons (Fsp3) is 0.400. The maximum absolute atomic E-state index is 10.9. The summed E-state index contributed by atoms with van der Waals surface area (Å²) in [4.78, 5) is 15.0. The molecule has 1 unspecified atom stereocenters. The van der Waals surface area contributed by atoms with E-state index in [1.54, 1.807) is 23.5 Å². The van der Waals surface area contributed by atoms with Crippen LogP contribution in [-0.4, -0.2) is 9.91 Å². The number of hydrogen-bond acceptors (Lipinski definition) is 5. The molecule has 1 N–H and O–H groups in total. The lowest BCUT2D eigenvalue weighted by atomic mass is 10.0. The van der Waals surface area contributed by atoms with Gasteiger partial charge >= 0.3 is 0 Å². The summed E-state index contributed by atoms with van der Waals surface area (Å²) in [5, 5.41) is 17.4. The van der Waals surface area contributed by atoms with Crippen molar-refractivity contribution in [3.63, 3.8) is 0 Å². The molecule has 0 amide bonds. The lowest BCUT2D eigenvalue weighted by molar-refractivity contribution is -0.384. The highest BCUT2D eigenvalue weighted by Gasteiger charge is 2.14. The minimum Gasteiger partial charge on any atom is -0.304 e. The number of nitrogens with one attached hydrogen (secondary N) is 1. The Kier molecular flexibility index (Phi) is 5.41. The van der Waals surface area contributed by atoms with Crippen molar-refractivity contribution < 1.29 is 4.92 Å². The van der Waals surface area contributed by atoms with Crippen molar-refractivity contribution in [2.24, 2.45) is 0 Å². The Hall–Kier alpha value is -1.79. The van der Waals surface area contributed by atoms with Crippen molar-refractivity contribution in [2.75, 3.05) is 0 Å². The normalized spacial score (nSPS) is 12.3. The van der Waals surface area contributed by atoms with Crippen molar-refractivity contribution in [3.8, 4) is 0 Å². The first-order chi connectivity index (χ1) is 10.1. The highest BCUT2D eigenvalue weighted by molar-refractivity contribution is 7.09. The zero-order valence-electron chi connectivity index (χ0n) is 12.2. The molecule has 1 heterocycles.